The number of anilines is 1. The average Bonchev–Trinajstić information content (AvgIpc) is 3.16. The Labute approximate surface area is 154 Å². The molecule has 3 rings (SSSR count). The van der Waals surface area contributed by atoms with Crippen LogP contribution in [-0.4, -0.2) is 25.9 Å². The molecule has 25 heavy (non-hydrogen) atoms. The molecule has 1 atom stereocenters. The Bertz CT molecular complexity index is 888. The molecular weight excluding hydrogens is 360 g/mol. The summed E-state index contributed by atoms with van der Waals surface area (Å²) in [6.45, 7) is 3.70. The smallest absolute Gasteiger partial charge is 0.237 e. The molecular formula is C17H17ClN4O2S. The fraction of sp³-hybridized carbons (Fsp3) is 0.235. The Morgan fingerprint density at radius 2 is 2.00 bits per heavy atom. The lowest BCUT2D eigenvalue weighted by Gasteiger charge is -2.11. The third-order valence-corrected chi connectivity index (χ3v) is 5.08. The van der Waals surface area contributed by atoms with Crippen molar-refractivity contribution in [1.82, 2.24) is 14.8 Å². The fourth-order valence-electron chi connectivity index (χ4n) is 2.26. The van der Waals surface area contributed by atoms with E-state index >= 15 is 0 Å². The van der Waals surface area contributed by atoms with Crippen molar-refractivity contribution in [3.8, 4) is 11.4 Å². The Kier molecular flexibility index (Phi) is 5.15. The highest BCUT2D eigenvalue weighted by Gasteiger charge is 2.20. The summed E-state index contributed by atoms with van der Waals surface area (Å²) in [7, 11) is 1.87. The van der Waals surface area contributed by atoms with Gasteiger partial charge in [-0.05, 0) is 44.2 Å². The van der Waals surface area contributed by atoms with Crippen LogP contribution in [0.5, 0.6) is 0 Å². The van der Waals surface area contributed by atoms with Crippen LogP contribution in [0.25, 0.3) is 11.4 Å². The number of hydrogen-bond donors (Lipinski definition) is 1. The van der Waals surface area contributed by atoms with Gasteiger partial charge < -0.3 is 14.3 Å². The van der Waals surface area contributed by atoms with Crippen LogP contribution in [-0.2, 0) is 11.8 Å². The molecule has 1 amide bonds. The molecule has 0 aliphatic rings. The van der Waals surface area contributed by atoms with Crippen LogP contribution < -0.4 is 5.32 Å². The fourth-order valence-corrected chi connectivity index (χ4v) is 3.20. The summed E-state index contributed by atoms with van der Waals surface area (Å²) >= 11 is 7.20. The van der Waals surface area contributed by atoms with E-state index in [0.717, 1.165) is 11.3 Å². The van der Waals surface area contributed by atoms with E-state index < -0.39 is 0 Å². The van der Waals surface area contributed by atoms with Crippen molar-refractivity contribution < 1.29 is 9.21 Å². The molecule has 3 aromatic rings. The van der Waals surface area contributed by atoms with Crippen LogP contribution >= 0.6 is 23.4 Å². The van der Waals surface area contributed by atoms with Gasteiger partial charge in [0.2, 0.25) is 5.91 Å². The number of nitrogens with one attached hydrogen (secondary N) is 1. The van der Waals surface area contributed by atoms with E-state index in [1.165, 1.54) is 11.8 Å². The highest BCUT2D eigenvalue weighted by atomic mass is 35.5. The quantitative estimate of drug-likeness (QED) is 0.677. The number of carbonyl (C=O) groups excluding carboxylic acids is 1. The second-order valence-electron chi connectivity index (χ2n) is 5.51. The predicted molar refractivity (Wildman–Crippen MR) is 98.8 cm³/mol. The molecule has 0 saturated carbocycles. The van der Waals surface area contributed by atoms with Crippen LogP contribution in [0.2, 0.25) is 5.02 Å². The molecule has 1 unspecified atom stereocenters. The first kappa shape index (κ1) is 17.6. The van der Waals surface area contributed by atoms with Crippen molar-refractivity contribution in [3.63, 3.8) is 0 Å². The van der Waals surface area contributed by atoms with Gasteiger partial charge in [-0.15, -0.1) is 10.2 Å². The maximum absolute atomic E-state index is 12.4. The zero-order valence-corrected chi connectivity index (χ0v) is 15.6. The maximum atomic E-state index is 12.4. The monoisotopic (exact) mass is 376 g/mol. The molecule has 0 aliphatic carbocycles. The van der Waals surface area contributed by atoms with Gasteiger partial charge in [-0.2, -0.15) is 0 Å². The molecule has 0 bridgehead atoms. The Hall–Kier alpha value is -2.25. The molecule has 0 radical (unpaired) electrons. The normalized spacial score (nSPS) is 12.2. The summed E-state index contributed by atoms with van der Waals surface area (Å²) in [6, 6.07) is 8.85. The first-order valence-electron chi connectivity index (χ1n) is 7.62. The van der Waals surface area contributed by atoms with E-state index in [-0.39, 0.29) is 11.2 Å². The van der Waals surface area contributed by atoms with Crippen molar-refractivity contribution in [2.45, 2.75) is 24.3 Å². The number of aryl methyl sites for hydroxylation is 1. The molecule has 1 aromatic carbocycles. The first-order valence-corrected chi connectivity index (χ1v) is 8.88. The summed E-state index contributed by atoms with van der Waals surface area (Å²) in [5, 5.41) is 12.2. The summed E-state index contributed by atoms with van der Waals surface area (Å²) in [6.07, 6.45) is 1.62. The Morgan fingerprint density at radius 1 is 1.28 bits per heavy atom. The molecule has 8 heteroatoms. The number of hydrogen-bond acceptors (Lipinski definition) is 5. The van der Waals surface area contributed by atoms with Crippen LogP contribution in [0.4, 0.5) is 5.69 Å². The van der Waals surface area contributed by atoms with Crippen LogP contribution in [0.1, 0.15) is 12.7 Å². The van der Waals surface area contributed by atoms with Gasteiger partial charge in [0, 0.05) is 17.8 Å². The summed E-state index contributed by atoms with van der Waals surface area (Å²) < 4.78 is 7.17. The number of rotatable bonds is 5. The second-order valence-corrected chi connectivity index (χ2v) is 7.26. The Morgan fingerprint density at radius 3 is 2.64 bits per heavy atom. The number of furan rings is 1. The predicted octanol–water partition coefficient (Wildman–Crippen LogP) is 4.16. The van der Waals surface area contributed by atoms with Crippen molar-refractivity contribution in [3.05, 3.63) is 47.4 Å². The van der Waals surface area contributed by atoms with Crippen LogP contribution in [0.15, 0.2) is 46.2 Å². The molecule has 6 nitrogen and oxygen atoms in total. The second kappa shape index (κ2) is 7.33. The van der Waals surface area contributed by atoms with E-state index in [1.807, 2.05) is 31.5 Å². The van der Waals surface area contributed by atoms with Gasteiger partial charge in [-0.1, -0.05) is 23.4 Å². The molecule has 0 aliphatic heterocycles. The number of aromatic nitrogens is 3. The van der Waals surface area contributed by atoms with Crippen molar-refractivity contribution in [1.29, 1.82) is 0 Å². The highest BCUT2D eigenvalue weighted by Crippen LogP contribution is 2.28. The number of amides is 1. The molecule has 0 saturated heterocycles. The standard InChI is InChI=1S/C17H17ClN4O2S/c1-10-14(8-9-24-10)15-20-21-17(22(15)3)25-11(2)16(23)19-13-6-4-12(18)5-7-13/h4-9,11H,1-3H3,(H,19,23). The number of nitrogens with zero attached hydrogens (tertiary/aromatic N) is 3. The van der Waals surface area contributed by atoms with E-state index in [0.29, 0.717) is 21.7 Å². The minimum absolute atomic E-state index is 0.114. The minimum atomic E-state index is -0.336. The van der Waals surface area contributed by atoms with Gasteiger partial charge in [-0.25, -0.2) is 0 Å². The minimum Gasteiger partial charge on any atom is -0.469 e. The van der Waals surface area contributed by atoms with Crippen LogP contribution in [0.3, 0.4) is 0 Å². The van der Waals surface area contributed by atoms with Gasteiger partial charge in [0.05, 0.1) is 17.1 Å². The number of thioether (sulfide) groups is 1. The van der Waals surface area contributed by atoms with Gasteiger partial charge in [0.1, 0.15) is 5.76 Å². The maximum Gasteiger partial charge on any atom is 0.237 e. The van der Waals surface area contributed by atoms with Crippen LogP contribution in [0, 0.1) is 6.92 Å². The van der Waals surface area contributed by atoms with Crippen molar-refractivity contribution >= 4 is 35.0 Å². The number of benzene rings is 1. The lowest BCUT2D eigenvalue weighted by Crippen LogP contribution is -2.22. The largest absolute Gasteiger partial charge is 0.469 e. The third-order valence-electron chi connectivity index (χ3n) is 3.70. The molecule has 1 N–H and O–H groups in total. The van der Waals surface area contributed by atoms with Crippen molar-refractivity contribution in [2.75, 3.05) is 5.32 Å². The van der Waals surface area contributed by atoms with E-state index in [4.69, 9.17) is 16.0 Å². The Balaban J connectivity index is 1.69. The summed E-state index contributed by atoms with van der Waals surface area (Å²) in [4.78, 5) is 12.4. The molecule has 2 heterocycles. The number of carbonyl (C=O) groups is 1. The SMILES string of the molecule is Cc1occc1-c1nnc(SC(C)C(=O)Nc2ccc(Cl)cc2)n1C. The van der Waals surface area contributed by atoms with Gasteiger partial charge in [0.15, 0.2) is 11.0 Å². The first-order chi connectivity index (χ1) is 12.0. The summed E-state index contributed by atoms with van der Waals surface area (Å²) in [5.41, 5.74) is 1.59. The topological polar surface area (TPSA) is 72.9 Å². The van der Waals surface area contributed by atoms with E-state index in [9.17, 15) is 4.79 Å². The zero-order valence-electron chi connectivity index (χ0n) is 14.0. The average molecular weight is 377 g/mol. The zero-order chi connectivity index (χ0) is 18.0. The molecule has 0 spiro atoms. The summed E-state index contributed by atoms with van der Waals surface area (Å²) in [5.74, 6) is 1.37. The van der Waals surface area contributed by atoms with Crippen molar-refractivity contribution in [2.24, 2.45) is 7.05 Å². The van der Waals surface area contributed by atoms with Gasteiger partial charge >= 0.3 is 0 Å². The third kappa shape index (κ3) is 3.88. The molecule has 130 valence electrons. The lowest BCUT2D eigenvalue weighted by molar-refractivity contribution is -0.115. The van der Waals surface area contributed by atoms with Gasteiger partial charge in [-0.3, -0.25) is 4.79 Å². The molecule has 2 aromatic heterocycles. The number of halogens is 1. The molecule has 0 fully saturated rings. The van der Waals surface area contributed by atoms with E-state index in [2.05, 4.69) is 15.5 Å². The van der Waals surface area contributed by atoms with E-state index in [1.54, 1.807) is 30.5 Å². The van der Waals surface area contributed by atoms with Gasteiger partial charge in [0.25, 0.3) is 0 Å². The lowest BCUT2D eigenvalue weighted by atomic mass is 10.2. The highest BCUT2D eigenvalue weighted by molar-refractivity contribution is 8.00.